The van der Waals surface area contributed by atoms with E-state index in [2.05, 4.69) is 14.8 Å². The summed E-state index contributed by atoms with van der Waals surface area (Å²) in [6.45, 7) is 1.63. The molecule has 0 radical (unpaired) electrons. The molecule has 1 aromatic rings. The number of aromatic nitrogens is 3. The van der Waals surface area contributed by atoms with Gasteiger partial charge in [0.05, 0.1) is 6.61 Å². The lowest BCUT2D eigenvalue weighted by molar-refractivity contribution is 0.186. The van der Waals surface area contributed by atoms with Crippen LogP contribution in [0.4, 0.5) is 0 Å². The molecule has 16 heavy (non-hydrogen) atoms. The van der Waals surface area contributed by atoms with E-state index in [-0.39, 0.29) is 0 Å². The van der Waals surface area contributed by atoms with Gasteiger partial charge in [-0.05, 0) is 24.7 Å². The molecule has 2 atom stereocenters. The average Bonchev–Trinajstić information content (AvgIpc) is 2.87. The summed E-state index contributed by atoms with van der Waals surface area (Å²) >= 11 is 0. The van der Waals surface area contributed by atoms with E-state index >= 15 is 0 Å². The van der Waals surface area contributed by atoms with Crippen molar-refractivity contribution in [2.75, 3.05) is 13.7 Å². The Kier molecular flexibility index (Phi) is 2.67. The second-order valence-electron chi connectivity index (χ2n) is 5.01. The van der Waals surface area contributed by atoms with Gasteiger partial charge in [0.15, 0.2) is 0 Å². The first-order valence-corrected chi connectivity index (χ1v) is 6.28. The zero-order chi connectivity index (χ0) is 11.0. The van der Waals surface area contributed by atoms with Crippen LogP contribution < -0.4 is 0 Å². The number of ether oxygens (including phenoxy) is 1. The van der Waals surface area contributed by atoms with E-state index in [0.717, 1.165) is 25.0 Å². The van der Waals surface area contributed by atoms with Crippen LogP contribution in [0, 0.1) is 11.8 Å². The molecule has 4 heteroatoms. The van der Waals surface area contributed by atoms with E-state index in [0.29, 0.717) is 5.92 Å². The Balaban J connectivity index is 1.72. The molecule has 0 aromatic carbocycles. The fraction of sp³-hybridized carbons (Fsp3) is 0.833. The normalized spacial score (nSPS) is 32.4. The number of fused-ring (bicyclic) bond motifs is 1. The highest BCUT2D eigenvalue weighted by molar-refractivity contribution is 5.16. The zero-order valence-corrected chi connectivity index (χ0v) is 9.80. The van der Waals surface area contributed by atoms with Crippen LogP contribution >= 0.6 is 0 Å². The van der Waals surface area contributed by atoms with E-state index in [1.165, 1.54) is 31.5 Å². The van der Waals surface area contributed by atoms with Crippen molar-refractivity contribution < 1.29 is 4.74 Å². The van der Waals surface area contributed by atoms with Gasteiger partial charge in [-0.3, -0.25) is 0 Å². The molecule has 1 heterocycles. The fourth-order valence-electron chi connectivity index (χ4n) is 3.26. The maximum atomic E-state index is 5.11. The van der Waals surface area contributed by atoms with Crippen LogP contribution in [0.15, 0.2) is 6.33 Å². The van der Waals surface area contributed by atoms with Crippen molar-refractivity contribution in [2.24, 2.45) is 11.8 Å². The highest BCUT2D eigenvalue weighted by Crippen LogP contribution is 2.60. The Morgan fingerprint density at radius 1 is 1.38 bits per heavy atom. The molecule has 2 fully saturated rings. The zero-order valence-electron chi connectivity index (χ0n) is 9.80. The van der Waals surface area contributed by atoms with Gasteiger partial charge in [-0.1, -0.05) is 12.8 Å². The number of hydrogen-bond acceptors (Lipinski definition) is 3. The summed E-state index contributed by atoms with van der Waals surface area (Å²) in [6.07, 6.45) is 7.45. The smallest absolute Gasteiger partial charge is 0.136 e. The maximum absolute atomic E-state index is 5.11. The molecule has 2 aliphatic rings. The molecule has 3 rings (SSSR count). The molecule has 0 amide bonds. The van der Waals surface area contributed by atoms with E-state index in [9.17, 15) is 0 Å². The van der Waals surface area contributed by atoms with Crippen molar-refractivity contribution in [2.45, 2.75) is 38.1 Å². The van der Waals surface area contributed by atoms with Crippen molar-refractivity contribution in [3.8, 4) is 0 Å². The minimum Gasteiger partial charge on any atom is -0.383 e. The summed E-state index contributed by atoms with van der Waals surface area (Å²) in [6, 6.07) is 0. The monoisotopic (exact) mass is 221 g/mol. The van der Waals surface area contributed by atoms with Crippen LogP contribution in [-0.2, 0) is 11.3 Å². The van der Waals surface area contributed by atoms with E-state index in [1.54, 1.807) is 7.11 Å². The summed E-state index contributed by atoms with van der Waals surface area (Å²) in [5.41, 5.74) is 0. The molecule has 4 nitrogen and oxygen atoms in total. The molecule has 0 spiro atoms. The van der Waals surface area contributed by atoms with E-state index < -0.39 is 0 Å². The first-order valence-electron chi connectivity index (χ1n) is 6.28. The molecule has 0 aliphatic heterocycles. The predicted molar refractivity (Wildman–Crippen MR) is 60.1 cm³/mol. The van der Waals surface area contributed by atoms with Crippen LogP contribution in [0.5, 0.6) is 0 Å². The third-order valence-electron chi connectivity index (χ3n) is 4.14. The summed E-state index contributed by atoms with van der Waals surface area (Å²) in [4.78, 5) is 0. The van der Waals surface area contributed by atoms with Crippen molar-refractivity contribution >= 4 is 0 Å². The second kappa shape index (κ2) is 4.17. The van der Waals surface area contributed by atoms with Crippen molar-refractivity contribution in [1.29, 1.82) is 0 Å². The van der Waals surface area contributed by atoms with Crippen LogP contribution in [0.2, 0.25) is 0 Å². The summed E-state index contributed by atoms with van der Waals surface area (Å²) in [5.74, 6) is 3.70. The van der Waals surface area contributed by atoms with Crippen LogP contribution in [0.1, 0.15) is 37.4 Å². The van der Waals surface area contributed by atoms with Crippen molar-refractivity contribution in [3.05, 3.63) is 12.2 Å². The molecule has 2 unspecified atom stereocenters. The highest BCUT2D eigenvalue weighted by atomic mass is 16.5. The number of hydrogen-bond donors (Lipinski definition) is 0. The fourth-order valence-corrected chi connectivity index (χ4v) is 3.26. The van der Waals surface area contributed by atoms with Crippen LogP contribution in [0.3, 0.4) is 0 Å². The molecule has 2 aliphatic carbocycles. The molecule has 0 bridgehead atoms. The third-order valence-corrected chi connectivity index (χ3v) is 4.14. The Hall–Kier alpha value is -0.900. The van der Waals surface area contributed by atoms with Gasteiger partial charge in [-0.2, -0.15) is 0 Å². The van der Waals surface area contributed by atoms with Gasteiger partial charge < -0.3 is 9.30 Å². The van der Waals surface area contributed by atoms with Gasteiger partial charge in [0, 0.05) is 19.6 Å². The number of rotatable bonds is 4. The maximum Gasteiger partial charge on any atom is 0.136 e. The highest BCUT2D eigenvalue weighted by Gasteiger charge is 2.53. The lowest BCUT2D eigenvalue weighted by Gasteiger charge is -2.04. The Morgan fingerprint density at radius 3 is 2.81 bits per heavy atom. The minimum atomic E-state index is 0.696. The number of nitrogens with zero attached hydrogens (tertiary/aromatic N) is 3. The van der Waals surface area contributed by atoms with E-state index in [4.69, 9.17) is 4.74 Å². The number of methoxy groups -OCH3 is 1. The third kappa shape index (κ3) is 1.65. The molecule has 2 saturated carbocycles. The molecule has 0 N–H and O–H groups in total. The van der Waals surface area contributed by atoms with Crippen LogP contribution in [-0.4, -0.2) is 28.5 Å². The summed E-state index contributed by atoms with van der Waals surface area (Å²) in [5, 5.41) is 8.36. The molecule has 0 saturated heterocycles. The average molecular weight is 221 g/mol. The minimum absolute atomic E-state index is 0.696. The summed E-state index contributed by atoms with van der Waals surface area (Å²) < 4.78 is 7.29. The van der Waals surface area contributed by atoms with Gasteiger partial charge in [0.25, 0.3) is 0 Å². The van der Waals surface area contributed by atoms with Gasteiger partial charge in [0.1, 0.15) is 12.2 Å². The van der Waals surface area contributed by atoms with Gasteiger partial charge in [-0.15, -0.1) is 10.2 Å². The second-order valence-corrected chi connectivity index (χ2v) is 5.01. The lowest BCUT2D eigenvalue weighted by atomic mass is 10.0. The molecular weight excluding hydrogens is 202 g/mol. The van der Waals surface area contributed by atoms with Crippen molar-refractivity contribution in [1.82, 2.24) is 14.8 Å². The van der Waals surface area contributed by atoms with E-state index in [1.807, 2.05) is 6.33 Å². The SMILES string of the molecule is COCCn1cnnc1C1C2CCCCC21. The van der Waals surface area contributed by atoms with Crippen LogP contribution in [0.25, 0.3) is 0 Å². The lowest BCUT2D eigenvalue weighted by Crippen LogP contribution is -2.07. The molecule has 88 valence electrons. The largest absolute Gasteiger partial charge is 0.383 e. The first kappa shape index (κ1) is 10.3. The molecule has 1 aromatic heterocycles. The predicted octanol–water partition coefficient (Wildman–Crippen LogP) is 1.83. The van der Waals surface area contributed by atoms with Gasteiger partial charge in [0.2, 0.25) is 0 Å². The standard InChI is InChI=1S/C12H19N3O/c1-16-7-6-15-8-13-14-12(15)11-9-4-2-3-5-10(9)11/h8-11H,2-7H2,1H3. The first-order chi connectivity index (χ1) is 7.92. The molecular formula is C12H19N3O. The topological polar surface area (TPSA) is 39.9 Å². The van der Waals surface area contributed by atoms with Crippen molar-refractivity contribution in [3.63, 3.8) is 0 Å². The van der Waals surface area contributed by atoms with Gasteiger partial charge in [-0.25, -0.2) is 0 Å². The Labute approximate surface area is 96.0 Å². The Bertz CT molecular complexity index is 351. The quantitative estimate of drug-likeness (QED) is 0.778. The van der Waals surface area contributed by atoms with Gasteiger partial charge >= 0.3 is 0 Å². The summed E-state index contributed by atoms with van der Waals surface area (Å²) in [7, 11) is 1.74. The Morgan fingerprint density at radius 2 is 2.12 bits per heavy atom.